The fraction of sp³-hybridized carbons (Fsp3) is 1.00. The maximum Gasteiger partial charge on any atom is 0.0766 e. The van der Waals surface area contributed by atoms with Gasteiger partial charge in [-0.2, -0.15) is 0 Å². The zero-order chi connectivity index (χ0) is 12.0. The van der Waals surface area contributed by atoms with Crippen molar-refractivity contribution in [1.29, 1.82) is 0 Å². The highest BCUT2D eigenvalue weighted by Crippen LogP contribution is 2.20. The van der Waals surface area contributed by atoms with Gasteiger partial charge in [0.05, 0.1) is 18.3 Å². The fourth-order valence-corrected chi connectivity index (χ4v) is 1.90. The highest BCUT2D eigenvalue weighted by atomic mass is 16.5. The molecule has 0 amide bonds. The Labute approximate surface area is 99.6 Å². The van der Waals surface area contributed by atoms with Crippen molar-refractivity contribution in [3.8, 4) is 0 Å². The van der Waals surface area contributed by atoms with Gasteiger partial charge in [0.1, 0.15) is 0 Å². The maximum atomic E-state index is 10.00. The van der Waals surface area contributed by atoms with Gasteiger partial charge >= 0.3 is 0 Å². The second-order valence-electron chi connectivity index (χ2n) is 5.47. The monoisotopic (exact) mass is 229 g/mol. The quantitative estimate of drug-likeness (QED) is 0.656. The first kappa shape index (κ1) is 13.9. The zero-order valence-electron chi connectivity index (χ0n) is 11.0. The van der Waals surface area contributed by atoms with Crippen molar-refractivity contribution in [2.24, 2.45) is 5.92 Å². The third kappa shape index (κ3) is 4.81. The van der Waals surface area contributed by atoms with Crippen LogP contribution in [-0.4, -0.2) is 36.5 Å². The predicted molar refractivity (Wildman–Crippen MR) is 66.5 cm³/mol. The van der Waals surface area contributed by atoms with E-state index in [2.05, 4.69) is 5.32 Å². The van der Waals surface area contributed by atoms with Crippen molar-refractivity contribution in [2.45, 2.75) is 58.2 Å². The van der Waals surface area contributed by atoms with Gasteiger partial charge in [0, 0.05) is 13.1 Å². The summed E-state index contributed by atoms with van der Waals surface area (Å²) in [5.41, 5.74) is -0.618. The number of rotatable bonds is 7. The van der Waals surface area contributed by atoms with Gasteiger partial charge in [-0.05, 0) is 25.7 Å². The zero-order valence-corrected chi connectivity index (χ0v) is 11.0. The van der Waals surface area contributed by atoms with Gasteiger partial charge in [0.15, 0.2) is 0 Å². The Bertz CT molecular complexity index is 186. The molecule has 0 saturated heterocycles. The van der Waals surface area contributed by atoms with E-state index in [-0.39, 0.29) is 5.92 Å². The van der Waals surface area contributed by atoms with Gasteiger partial charge in [0.2, 0.25) is 0 Å². The third-order valence-corrected chi connectivity index (χ3v) is 3.66. The molecule has 0 aliphatic heterocycles. The molecule has 3 heteroatoms. The summed E-state index contributed by atoms with van der Waals surface area (Å²) in [7, 11) is 0. The molecule has 1 rings (SSSR count). The molecule has 0 heterocycles. The first-order valence-electron chi connectivity index (χ1n) is 6.57. The average Bonchev–Trinajstić information content (AvgIpc) is 2.69. The van der Waals surface area contributed by atoms with Gasteiger partial charge in [-0.25, -0.2) is 0 Å². The second kappa shape index (κ2) is 6.58. The minimum absolute atomic E-state index is 0.274. The number of nitrogens with one attached hydrogen (secondary N) is 1. The molecule has 1 saturated carbocycles. The summed E-state index contributed by atoms with van der Waals surface area (Å²) in [6.07, 6.45) is 5.58. The summed E-state index contributed by atoms with van der Waals surface area (Å²) < 4.78 is 5.73. The van der Waals surface area contributed by atoms with Crippen LogP contribution in [0.25, 0.3) is 0 Å². The second-order valence-corrected chi connectivity index (χ2v) is 5.47. The van der Waals surface area contributed by atoms with Gasteiger partial charge in [-0.3, -0.25) is 0 Å². The van der Waals surface area contributed by atoms with Gasteiger partial charge in [-0.1, -0.05) is 26.7 Å². The Morgan fingerprint density at radius 3 is 2.56 bits per heavy atom. The molecule has 0 aromatic carbocycles. The molecule has 1 fully saturated rings. The Balaban J connectivity index is 1.99. The van der Waals surface area contributed by atoms with Crippen LogP contribution in [0.3, 0.4) is 0 Å². The van der Waals surface area contributed by atoms with E-state index >= 15 is 0 Å². The van der Waals surface area contributed by atoms with Crippen LogP contribution < -0.4 is 5.32 Å². The summed E-state index contributed by atoms with van der Waals surface area (Å²) in [6.45, 7) is 8.19. The van der Waals surface area contributed by atoms with E-state index in [1.807, 2.05) is 20.8 Å². The summed E-state index contributed by atoms with van der Waals surface area (Å²) in [4.78, 5) is 0. The van der Waals surface area contributed by atoms with Crippen LogP contribution in [0, 0.1) is 5.92 Å². The van der Waals surface area contributed by atoms with Crippen molar-refractivity contribution in [3.63, 3.8) is 0 Å². The Hall–Kier alpha value is -0.120. The van der Waals surface area contributed by atoms with E-state index in [9.17, 15) is 5.11 Å². The lowest BCUT2D eigenvalue weighted by Crippen LogP contribution is -2.43. The molecule has 96 valence electrons. The molecular formula is C13H27NO2. The van der Waals surface area contributed by atoms with Gasteiger partial charge in [0.25, 0.3) is 0 Å². The molecule has 0 aromatic rings. The Morgan fingerprint density at radius 1 is 1.38 bits per heavy atom. The van der Waals surface area contributed by atoms with E-state index in [1.54, 1.807) is 0 Å². The van der Waals surface area contributed by atoms with Crippen molar-refractivity contribution in [2.75, 3.05) is 19.7 Å². The van der Waals surface area contributed by atoms with Crippen molar-refractivity contribution in [3.05, 3.63) is 0 Å². The molecule has 3 nitrogen and oxygen atoms in total. The van der Waals surface area contributed by atoms with Gasteiger partial charge < -0.3 is 15.2 Å². The van der Waals surface area contributed by atoms with Crippen molar-refractivity contribution in [1.82, 2.24) is 5.32 Å². The summed E-state index contributed by atoms with van der Waals surface area (Å²) >= 11 is 0. The lowest BCUT2D eigenvalue weighted by molar-refractivity contribution is 0.00971. The molecule has 0 bridgehead atoms. The van der Waals surface area contributed by atoms with E-state index in [0.717, 1.165) is 13.2 Å². The van der Waals surface area contributed by atoms with Crippen LogP contribution in [0.2, 0.25) is 0 Å². The number of hydrogen-bond donors (Lipinski definition) is 2. The molecule has 0 aromatic heterocycles. The van der Waals surface area contributed by atoms with E-state index < -0.39 is 5.60 Å². The van der Waals surface area contributed by atoms with E-state index in [4.69, 9.17) is 4.74 Å². The SMILES string of the molecule is CC(C)C(C)(O)CNCCOC1CCCC1. The lowest BCUT2D eigenvalue weighted by atomic mass is 9.93. The van der Waals surface area contributed by atoms with Crippen LogP contribution in [0.4, 0.5) is 0 Å². The first-order valence-corrected chi connectivity index (χ1v) is 6.57. The van der Waals surface area contributed by atoms with Crippen molar-refractivity contribution >= 4 is 0 Å². The Kier molecular flexibility index (Phi) is 5.73. The first-order chi connectivity index (χ1) is 7.52. The minimum atomic E-state index is -0.618. The summed E-state index contributed by atoms with van der Waals surface area (Å²) in [6, 6.07) is 0. The largest absolute Gasteiger partial charge is 0.389 e. The number of ether oxygens (including phenoxy) is 1. The molecule has 2 N–H and O–H groups in total. The third-order valence-electron chi connectivity index (χ3n) is 3.66. The number of aliphatic hydroxyl groups is 1. The molecule has 0 spiro atoms. The molecule has 16 heavy (non-hydrogen) atoms. The standard InChI is InChI=1S/C13H27NO2/c1-11(2)13(3,15)10-14-8-9-16-12-6-4-5-7-12/h11-12,14-15H,4-10H2,1-3H3. The van der Waals surface area contributed by atoms with Crippen LogP contribution >= 0.6 is 0 Å². The van der Waals surface area contributed by atoms with Crippen molar-refractivity contribution < 1.29 is 9.84 Å². The summed E-state index contributed by atoms with van der Waals surface area (Å²) in [5.74, 6) is 0.274. The van der Waals surface area contributed by atoms with E-state index in [1.165, 1.54) is 25.7 Å². The predicted octanol–water partition coefficient (Wildman–Crippen LogP) is 1.94. The normalized spacial score (nSPS) is 21.6. The highest BCUT2D eigenvalue weighted by molar-refractivity contribution is 4.78. The topological polar surface area (TPSA) is 41.5 Å². The summed E-state index contributed by atoms with van der Waals surface area (Å²) in [5, 5.41) is 13.3. The number of hydrogen-bond acceptors (Lipinski definition) is 3. The molecule has 1 aliphatic rings. The smallest absolute Gasteiger partial charge is 0.0766 e. The highest BCUT2D eigenvalue weighted by Gasteiger charge is 2.23. The molecule has 0 radical (unpaired) electrons. The minimum Gasteiger partial charge on any atom is -0.389 e. The lowest BCUT2D eigenvalue weighted by Gasteiger charge is -2.28. The molecule has 1 atom stereocenters. The van der Waals surface area contributed by atoms with Crippen LogP contribution in [0.15, 0.2) is 0 Å². The van der Waals surface area contributed by atoms with Crippen LogP contribution in [0.1, 0.15) is 46.5 Å². The van der Waals surface area contributed by atoms with Gasteiger partial charge in [-0.15, -0.1) is 0 Å². The molecule has 1 aliphatic carbocycles. The Morgan fingerprint density at radius 2 is 2.00 bits per heavy atom. The average molecular weight is 229 g/mol. The molecular weight excluding hydrogens is 202 g/mol. The maximum absolute atomic E-state index is 10.00. The molecule has 1 unspecified atom stereocenters. The van der Waals surface area contributed by atoms with E-state index in [0.29, 0.717) is 12.6 Å². The van der Waals surface area contributed by atoms with Crippen LogP contribution in [-0.2, 0) is 4.74 Å². The van der Waals surface area contributed by atoms with Crippen LogP contribution in [0.5, 0.6) is 0 Å². The fourth-order valence-electron chi connectivity index (χ4n) is 1.90.